The first-order valence-corrected chi connectivity index (χ1v) is 6.68. The van der Waals surface area contributed by atoms with Crippen LogP contribution in [0.4, 0.5) is 5.13 Å². The van der Waals surface area contributed by atoms with Gasteiger partial charge < -0.3 is 10.0 Å². The van der Waals surface area contributed by atoms with Crippen LogP contribution in [0.25, 0.3) is 0 Å². The second-order valence-electron chi connectivity index (χ2n) is 5.25. The van der Waals surface area contributed by atoms with Gasteiger partial charge in [-0.1, -0.05) is 0 Å². The van der Waals surface area contributed by atoms with Crippen LogP contribution in [-0.4, -0.2) is 33.5 Å². The summed E-state index contributed by atoms with van der Waals surface area (Å²) in [5.74, 6) is 0.800. The topological polar surface area (TPSA) is 66.3 Å². The van der Waals surface area contributed by atoms with E-state index in [0.29, 0.717) is 18.9 Å². The molecule has 1 saturated carbocycles. The second kappa shape index (κ2) is 3.66. The molecule has 1 unspecified atom stereocenters. The van der Waals surface area contributed by atoms with Gasteiger partial charge in [0.25, 0.3) is 0 Å². The van der Waals surface area contributed by atoms with Gasteiger partial charge in [0.15, 0.2) is 0 Å². The molecule has 6 heteroatoms. The van der Waals surface area contributed by atoms with E-state index in [1.54, 1.807) is 6.92 Å². The lowest BCUT2D eigenvalue weighted by molar-refractivity contribution is -0.146. The summed E-state index contributed by atoms with van der Waals surface area (Å²) in [6.07, 6.45) is 3.08. The highest BCUT2D eigenvalue weighted by Gasteiger charge is 2.41. The molecule has 2 heterocycles. The molecule has 0 radical (unpaired) electrons. The molecule has 2 aliphatic rings. The predicted molar refractivity (Wildman–Crippen MR) is 64.5 cm³/mol. The Labute approximate surface area is 104 Å². The highest BCUT2D eigenvalue weighted by Crippen LogP contribution is 2.41. The Morgan fingerprint density at radius 1 is 1.59 bits per heavy atom. The number of carboxylic acid groups (broad SMARTS) is 1. The summed E-state index contributed by atoms with van der Waals surface area (Å²) >= 11 is 1.40. The summed E-state index contributed by atoms with van der Waals surface area (Å²) in [6, 6.07) is 0. The van der Waals surface area contributed by atoms with E-state index in [4.69, 9.17) is 0 Å². The average molecular weight is 253 g/mol. The van der Waals surface area contributed by atoms with Crippen molar-refractivity contribution in [2.24, 2.45) is 5.41 Å². The largest absolute Gasteiger partial charge is 0.481 e. The molecule has 1 aromatic heterocycles. The van der Waals surface area contributed by atoms with E-state index in [-0.39, 0.29) is 0 Å². The van der Waals surface area contributed by atoms with Crippen molar-refractivity contribution in [3.63, 3.8) is 0 Å². The molecule has 0 spiro atoms. The average Bonchev–Trinajstić information content (AvgIpc) is 2.88. The van der Waals surface area contributed by atoms with Crippen LogP contribution in [0.1, 0.15) is 37.9 Å². The van der Waals surface area contributed by atoms with E-state index in [1.165, 1.54) is 24.4 Å². The molecule has 5 nitrogen and oxygen atoms in total. The van der Waals surface area contributed by atoms with Gasteiger partial charge in [0, 0.05) is 30.5 Å². The zero-order valence-electron chi connectivity index (χ0n) is 9.72. The molecule has 1 aliphatic carbocycles. The Morgan fingerprint density at radius 2 is 2.35 bits per heavy atom. The van der Waals surface area contributed by atoms with Crippen molar-refractivity contribution in [3.05, 3.63) is 5.82 Å². The number of hydrogen-bond donors (Lipinski definition) is 1. The number of hydrogen-bond acceptors (Lipinski definition) is 5. The Morgan fingerprint density at radius 3 is 2.94 bits per heavy atom. The van der Waals surface area contributed by atoms with Crippen molar-refractivity contribution < 1.29 is 9.90 Å². The fourth-order valence-corrected chi connectivity index (χ4v) is 2.93. The van der Waals surface area contributed by atoms with E-state index in [2.05, 4.69) is 14.3 Å². The lowest BCUT2D eigenvalue weighted by Crippen LogP contribution is -2.31. The Kier molecular flexibility index (Phi) is 2.36. The molecule has 1 aliphatic heterocycles. The Bertz CT molecular complexity index is 457. The summed E-state index contributed by atoms with van der Waals surface area (Å²) < 4.78 is 4.36. The van der Waals surface area contributed by atoms with E-state index < -0.39 is 11.4 Å². The maximum atomic E-state index is 11.2. The molecule has 17 heavy (non-hydrogen) atoms. The number of anilines is 1. The molecule has 0 amide bonds. The van der Waals surface area contributed by atoms with Crippen molar-refractivity contribution in [2.75, 3.05) is 18.0 Å². The van der Waals surface area contributed by atoms with Crippen LogP contribution < -0.4 is 4.90 Å². The molecule has 92 valence electrons. The van der Waals surface area contributed by atoms with Gasteiger partial charge in [-0.05, 0) is 26.2 Å². The molecule has 2 fully saturated rings. The predicted octanol–water partition coefficient (Wildman–Crippen LogP) is 1.72. The summed E-state index contributed by atoms with van der Waals surface area (Å²) in [7, 11) is 0. The Hall–Kier alpha value is -1.17. The minimum atomic E-state index is -0.716. The lowest BCUT2D eigenvalue weighted by Gasteiger charge is -2.18. The minimum absolute atomic E-state index is 0.543. The number of aliphatic carboxylic acids is 1. The maximum absolute atomic E-state index is 11.2. The fourth-order valence-electron chi connectivity index (χ4n) is 2.16. The third-order valence-electron chi connectivity index (χ3n) is 3.63. The summed E-state index contributed by atoms with van der Waals surface area (Å²) in [5.41, 5.74) is -0.634. The van der Waals surface area contributed by atoms with E-state index >= 15 is 0 Å². The van der Waals surface area contributed by atoms with E-state index in [1.807, 2.05) is 0 Å². The highest BCUT2D eigenvalue weighted by atomic mass is 32.1. The number of carbonyl (C=O) groups is 1. The molecule has 0 bridgehead atoms. The van der Waals surface area contributed by atoms with Crippen molar-refractivity contribution >= 4 is 22.6 Å². The van der Waals surface area contributed by atoms with Gasteiger partial charge in [-0.15, -0.1) is 0 Å². The molecule has 0 aromatic carbocycles. The summed E-state index contributed by atoms with van der Waals surface area (Å²) in [4.78, 5) is 17.7. The summed E-state index contributed by atoms with van der Waals surface area (Å²) in [5, 5.41) is 10.1. The standard InChI is InChI=1S/C11H15N3O2S/c1-11(9(15)16)4-5-14(6-11)10-12-8(13-17-10)7-2-3-7/h7H,2-6H2,1H3,(H,15,16). The van der Waals surface area contributed by atoms with Gasteiger partial charge in [-0.25, -0.2) is 4.98 Å². The van der Waals surface area contributed by atoms with Crippen LogP contribution in [0.5, 0.6) is 0 Å². The molecule has 1 saturated heterocycles. The van der Waals surface area contributed by atoms with Gasteiger partial charge in [0.05, 0.1) is 5.41 Å². The molecule has 1 N–H and O–H groups in total. The van der Waals surface area contributed by atoms with Gasteiger partial charge in [-0.2, -0.15) is 4.37 Å². The van der Waals surface area contributed by atoms with Crippen LogP contribution in [-0.2, 0) is 4.79 Å². The molecular formula is C11H15N3O2S. The molecule has 3 rings (SSSR count). The van der Waals surface area contributed by atoms with Crippen molar-refractivity contribution in [1.29, 1.82) is 0 Å². The van der Waals surface area contributed by atoms with E-state index in [0.717, 1.165) is 17.5 Å². The second-order valence-corrected chi connectivity index (χ2v) is 5.98. The maximum Gasteiger partial charge on any atom is 0.311 e. The minimum Gasteiger partial charge on any atom is -0.481 e. The van der Waals surface area contributed by atoms with Crippen molar-refractivity contribution in [1.82, 2.24) is 9.36 Å². The van der Waals surface area contributed by atoms with Crippen LogP contribution in [0.3, 0.4) is 0 Å². The first kappa shape index (κ1) is 11.0. The van der Waals surface area contributed by atoms with Gasteiger partial charge in [0.2, 0.25) is 5.13 Å². The normalized spacial score (nSPS) is 28.6. The third kappa shape index (κ3) is 1.90. The van der Waals surface area contributed by atoms with Crippen LogP contribution in [0.2, 0.25) is 0 Å². The first-order valence-electron chi connectivity index (χ1n) is 5.90. The van der Waals surface area contributed by atoms with Crippen molar-refractivity contribution in [2.45, 2.75) is 32.1 Å². The van der Waals surface area contributed by atoms with Gasteiger partial charge in [0.1, 0.15) is 5.82 Å². The van der Waals surface area contributed by atoms with Crippen LogP contribution in [0, 0.1) is 5.41 Å². The van der Waals surface area contributed by atoms with Crippen molar-refractivity contribution in [3.8, 4) is 0 Å². The zero-order valence-corrected chi connectivity index (χ0v) is 10.5. The number of nitrogens with zero attached hydrogens (tertiary/aromatic N) is 3. The van der Waals surface area contributed by atoms with Gasteiger partial charge in [-0.3, -0.25) is 4.79 Å². The smallest absolute Gasteiger partial charge is 0.311 e. The SMILES string of the molecule is CC1(C(=O)O)CCN(c2nc(C3CC3)ns2)C1. The van der Waals surface area contributed by atoms with Crippen LogP contribution >= 0.6 is 11.5 Å². The van der Waals surface area contributed by atoms with E-state index in [9.17, 15) is 9.90 Å². The highest BCUT2D eigenvalue weighted by molar-refractivity contribution is 7.09. The molecule has 1 atom stereocenters. The molecular weight excluding hydrogens is 238 g/mol. The zero-order chi connectivity index (χ0) is 12.0. The lowest BCUT2D eigenvalue weighted by atomic mass is 9.90. The fraction of sp³-hybridized carbons (Fsp3) is 0.727. The number of carboxylic acids is 1. The number of rotatable bonds is 3. The Balaban J connectivity index is 1.74. The monoisotopic (exact) mass is 253 g/mol. The number of aromatic nitrogens is 2. The first-order chi connectivity index (χ1) is 8.08. The summed E-state index contributed by atoms with van der Waals surface area (Å²) in [6.45, 7) is 3.11. The quantitative estimate of drug-likeness (QED) is 0.888. The third-order valence-corrected chi connectivity index (χ3v) is 4.42. The van der Waals surface area contributed by atoms with Crippen LogP contribution in [0.15, 0.2) is 0 Å². The van der Waals surface area contributed by atoms with Gasteiger partial charge >= 0.3 is 5.97 Å². The molecule has 1 aromatic rings.